The van der Waals surface area contributed by atoms with E-state index in [0.717, 1.165) is 6.07 Å². The Balaban J connectivity index is 3.04. The molecule has 0 atom stereocenters. The first-order valence-corrected chi connectivity index (χ1v) is 3.91. The van der Waals surface area contributed by atoms with Gasteiger partial charge in [-0.15, -0.1) is 0 Å². The van der Waals surface area contributed by atoms with Gasteiger partial charge in [0, 0.05) is 5.57 Å². The molecule has 2 N–H and O–H groups in total. The number of carboxylic acids is 1. The van der Waals surface area contributed by atoms with Crippen molar-refractivity contribution in [1.82, 2.24) is 0 Å². The molecule has 0 saturated heterocycles. The summed E-state index contributed by atoms with van der Waals surface area (Å²) in [5, 5.41) is 17.4. The van der Waals surface area contributed by atoms with Crippen LogP contribution in [0.3, 0.4) is 0 Å². The number of benzene rings is 1. The molecule has 0 amide bonds. The van der Waals surface area contributed by atoms with Crippen molar-refractivity contribution in [2.45, 2.75) is 6.92 Å². The first-order valence-electron chi connectivity index (χ1n) is 3.91. The molecule has 0 fully saturated rings. The molecule has 3 nitrogen and oxygen atoms in total. The summed E-state index contributed by atoms with van der Waals surface area (Å²) in [5.74, 6) is -2.27. The number of phenolic OH excluding ortho intramolecular Hbond substituents is 1. The maximum Gasteiger partial charge on any atom is 0.331 e. The van der Waals surface area contributed by atoms with Gasteiger partial charge in [-0.25, -0.2) is 9.18 Å². The Morgan fingerprint density at radius 1 is 1.50 bits per heavy atom. The molecule has 0 radical (unpaired) electrons. The number of halogens is 1. The molecule has 74 valence electrons. The lowest BCUT2D eigenvalue weighted by atomic mass is 10.1. The van der Waals surface area contributed by atoms with Crippen LogP contribution in [0.1, 0.15) is 12.5 Å². The first kappa shape index (κ1) is 10.2. The molecule has 0 bridgehead atoms. The molecule has 1 aromatic rings. The summed E-state index contributed by atoms with van der Waals surface area (Å²) < 4.78 is 12.8. The van der Waals surface area contributed by atoms with E-state index in [4.69, 9.17) is 10.2 Å². The van der Waals surface area contributed by atoms with Crippen molar-refractivity contribution in [3.63, 3.8) is 0 Å². The van der Waals surface area contributed by atoms with Crippen molar-refractivity contribution < 1.29 is 19.4 Å². The fourth-order valence-corrected chi connectivity index (χ4v) is 0.925. The topological polar surface area (TPSA) is 57.5 Å². The Bertz CT molecular complexity index is 396. The highest BCUT2D eigenvalue weighted by Gasteiger charge is 2.02. The number of phenols is 1. The van der Waals surface area contributed by atoms with Gasteiger partial charge in [-0.1, -0.05) is 6.07 Å². The van der Waals surface area contributed by atoms with Crippen molar-refractivity contribution in [3.05, 3.63) is 35.2 Å². The van der Waals surface area contributed by atoms with Crippen LogP contribution in [0, 0.1) is 5.82 Å². The van der Waals surface area contributed by atoms with E-state index in [2.05, 4.69) is 0 Å². The number of rotatable bonds is 2. The minimum absolute atomic E-state index is 0.107. The molecule has 1 aromatic carbocycles. The van der Waals surface area contributed by atoms with Gasteiger partial charge in [0.15, 0.2) is 11.6 Å². The van der Waals surface area contributed by atoms with E-state index >= 15 is 0 Å². The molecule has 1 rings (SSSR count). The van der Waals surface area contributed by atoms with E-state index in [1.807, 2.05) is 0 Å². The molecule has 0 saturated carbocycles. The third-order valence-electron chi connectivity index (χ3n) is 1.69. The quantitative estimate of drug-likeness (QED) is 0.711. The molecule has 4 heteroatoms. The fraction of sp³-hybridized carbons (Fsp3) is 0.100. The van der Waals surface area contributed by atoms with Crippen LogP contribution in [0.25, 0.3) is 6.08 Å². The predicted octanol–water partition coefficient (Wildman–Crippen LogP) is 2.02. The molecule has 0 aliphatic carbocycles. The molecule has 14 heavy (non-hydrogen) atoms. The van der Waals surface area contributed by atoms with Crippen LogP contribution in [0.15, 0.2) is 23.8 Å². The largest absolute Gasteiger partial charge is 0.505 e. The zero-order chi connectivity index (χ0) is 10.7. The number of carboxylic acid groups (broad SMARTS) is 1. The first-order chi connectivity index (χ1) is 6.50. The summed E-state index contributed by atoms with van der Waals surface area (Å²) in [6.45, 7) is 1.41. The molecule has 0 aliphatic heterocycles. The average molecular weight is 196 g/mol. The van der Waals surface area contributed by atoms with Crippen molar-refractivity contribution in [2.24, 2.45) is 0 Å². The predicted molar refractivity (Wildman–Crippen MR) is 49.4 cm³/mol. The molecule has 0 heterocycles. The zero-order valence-corrected chi connectivity index (χ0v) is 7.49. The highest BCUT2D eigenvalue weighted by atomic mass is 19.1. The van der Waals surface area contributed by atoms with Crippen LogP contribution in [0.5, 0.6) is 5.75 Å². The normalized spacial score (nSPS) is 11.4. The molecule has 0 spiro atoms. The van der Waals surface area contributed by atoms with Crippen molar-refractivity contribution >= 4 is 12.0 Å². The van der Waals surface area contributed by atoms with Gasteiger partial charge in [-0.3, -0.25) is 0 Å². The maximum absolute atomic E-state index is 12.8. The number of aromatic hydroxyl groups is 1. The summed E-state index contributed by atoms with van der Waals surface area (Å²) in [4.78, 5) is 10.4. The lowest BCUT2D eigenvalue weighted by Crippen LogP contribution is -1.95. The van der Waals surface area contributed by atoms with Crippen LogP contribution in [-0.2, 0) is 4.79 Å². The van der Waals surface area contributed by atoms with Gasteiger partial charge < -0.3 is 10.2 Å². The smallest absolute Gasteiger partial charge is 0.331 e. The van der Waals surface area contributed by atoms with E-state index < -0.39 is 17.5 Å². The lowest BCUT2D eigenvalue weighted by Gasteiger charge is -1.98. The molecule has 0 aliphatic rings. The van der Waals surface area contributed by atoms with Crippen molar-refractivity contribution in [1.29, 1.82) is 0 Å². The van der Waals surface area contributed by atoms with Gasteiger partial charge >= 0.3 is 5.97 Å². The van der Waals surface area contributed by atoms with Crippen molar-refractivity contribution in [3.8, 4) is 5.75 Å². The van der Waals surface area contributed by atoms with E-state index in [1.165, 1.54) is 25.1 Å². The number of hydrogen-bond acceptors (Lipinski definition) is 2. The van der Waals surface area contributed by atoms with Crippen LogP contribution in [0.2, 0.25) is 0 Å². The SMILES string of the molecule is CC(=Cc1ccc(O)c(F)c1)C(=O)O. The molecule has 0 aromatic heterocycles. The highest BCUT2D eigenvalue weighted by Crippen LogP contribution is 2.17. The Morgan fingerprint density at radius 3 is 2.64 bits per heavy atom. The highest BCUT2D eigenvalue weighted by molar-refractivity contribution is 5.91. The third kappa shape index (κ3) is 2.32. The molecular weight excluding hydrogens is 187 g/mol. The minimum atomic E-state index is -1.06. The number of aliphatic carboxylic acids is 1. The van der Waals surface area contributed by atoms with Crippen LogP contribution < -0.4 is 0 Å². The Hall–Kier alpha value is -1.84. The Morgan fingerprint density at radius 2 is 2.14 bits per heavy atom. The van der Waals surface area contributed by atoms with Gasteiger partial charge in [0.2, 0.25) is 0 Å². The monoisotopic (exact) mass is 196 g/mol. The van der Waals surface area contributed by atoms with Gasteiger partial charge in [0.05, 0.1) is 0 Å². The average Bonchev–Trinajstić information content (AvgIpc) is 2.11. The van der Waals surface area contributed by atoms with E-state index in [1.54, 1.807) is 0 Å². The van der Waals surface area contributed by atoms with Crippen molar-refractivity contribution in [2.75, 3.05) is 0 Å². The summed E-state index contributed by atoms with van der Waals surface area (Å²) in [5.41, 5.74) is 0.510. The lowest BCUT2D eigenvalue weighted by molar-refractivity contribution is -0.132. The van der Waals surface area contributed by atoms with Gasteiger partial charge in [0.1, 0.15) is 0 Å². The fourth-order valence-electron chi connectivity index (χ4n) is 0.925. The van der Waals surface area contributed by atoms with Gasteiger partial charge in [0.25, 0.3) is 0 Å². The summed E-state index contributed by atoms with van der Waals surface area (Å²) >= 11 is 0. The second-order valence-electron chi connectivity index (χ2n) is 2.84. The van der Waals surface area contributed by atoms with Gasteiger partial charge in [-0.2, -0.15) is 0 Å². The van der Waals surface area contributed by atoms with Gasteiger partial charge in [-0.05, 0) is 30.7 Å². The van der Waals surface area contributed by atoms with E-state index in [-0.39, 0.29) is 5.57 Å². The summed E-state index contributed by atoms with van der Waals surface area (Å²) in [6, 6.07) is 3.68. The summed E-state index contributed by atoms with van der Waals surface area (Å²) in [6.07, 6.45) is 1.32. The standard InChI is InChI=1S/C10H9FO3/c1-6(10(13)14)4-7-2-3-9(12)8(11)5-7/h2-5,12H,1H3,(H,13,14). The Kier molecular flexibility index (Phi) is 2.86. The summed E-state index contributed by atoms with van der Waals surface area (Å²) in [7, 11) is 0. The molecule has 0 unspecified atom stereocenters. The minimum Gasteiger partial charge on any atom is -0.505 e. The number of hydrogen-bond donors (Lipinski definition) is 2. The van der Waals surface area contributed by atoms with E-state index in [0.29, 0.717) is 5.56 Å². The van der Waals surface area contributed by atoms with Crippen LogP contribution in [0.4, 0.5) is 4.39 Å². The number of carbonyl (C=O) groups is 1. The van der Waals surface area contributed by atoms with Crippen LogP contribution in [-0.4, -0.2) is 16.2 Å². The van der Waals surface area contributed by atoms with E-state index in [9.17, 15) is 9.18 Å². The van der Waals surface area contributed by atoms with Crippen LogP contribution >= 0.6 is 0 Å². The second-order valence-corrected chi connectivity index (χ2v) is 2.84. The molecular formula is C10H9FO3. The second kappa shape index (κ2) is 3.91. The third-order valence-corrected chi connectivity index (χ3v) is 1.69. The Labute approximate surface area is 80.1 Å². The maximum atomic E-state index is 12.8. The zero-order valence-electron chi connectivity index (χ0n) is 7.49.